The van der Waals surface area contributed by atoms with Gasteiger partial charge in [0.05, 0.1) is 5.75 Å². The number of hydrogen-bond acceptors (Lipinski definition) is 3. The molecule has 0 heterocycles. The van der Waals surface area contributed by atoms with Gasteiger partial charge in [-0.05, 0) is 23.8 Å². The minimum Gasteiger partial charge on any atom is -0.335 e. The van der Waals surface area contributed by atoms with Crippen LogP contribution >= 0.6 is 0 Å². The number of amides is 1. The predicted molar refractivity (Wildman–Crippen MR) is 92.7 cm³/mol. The zero-order chi connectivity index (χ0) is 17.1. The topological polar surface area (TPSA) is 54.5 Å². The zero-order valence-electron chi connectivity index (χ0n) is 14.3. The molecule has 0 aromatic heterocycles. The number of carbonyl (C=O) groups is 1. The number of sulfone groups is 1. The number of carbonyl (C=O) groups excluding carboxylic acids is 1. The fourth-order valence-electron chi connectivity index (χ4n) is 3.45. The molecule has 0 aliphatic heterocycles. The van der Waals surface area contributed by atoms with Crippen molar-refractivity contribution in [3.05, 3.63) is 35.9 Å². The first-order chi connectivity index (χ1) is 10.7. The Morgan fingerprint density at radius 2 is 1.91 bits per heavy atom. The minimum absolute atomic E-state index is 0.0562. The molecule has 1 atom stereocenters. The van der Waals surface area contributed by atoms with E-state index in [1.807, 2.05) is 35.2 Å². The van der Waals surface area contributed by atoms with Crippen molar-refractivity contribution in [2.45, 2.75) is 52.1 Å². The molecule has 1 aliphatic carbocycles. The van der Waals surface area contributed by atoms with Crippen LogP contribution in [-0.4, -0.2) is 37.3 Å². The van der Waals surface area contributed by atoms with Crippen LogP contribution in [0.3, 0.4) is 0 Å². The van der Waals surface area contributed by atoms with E-state index in [-0.39, 0.29) is 29.5 Å². The van der Waals surface area contributed by atoms with Gasteiger partial charge in [0.25, 0.3) is 0 Å². The van der Waals surface area contributed by atoms with E-state index in [1.165, 1.54) is 6.26 Å². The van der Waals surface area contributed by atoms with Crippen molar-refractivity contribution in [2.24, 2.45) is 5.41 Å². The number of rotatable bonds is 6. The van der Waals surface area contributed by atoms with Crippen molar-refractivity contribution in [3.8, 4) is 0 Å². The molecule has 1 aromatic carbocycles. The molecule has 1 aromatic rings. The van der Waals surface area contributed by atoms with Gasteiger partial charge in [0.1, 0.15) is 9.84 Å². The lowest BCUT2D eigenvalue weighted by atomic mass is 9.86. The zero-order valence-corrected chi connectivity index (χ0v) is 15.1. The van der Waals surface area contributed by atoms with Gasteiger partial charge in [-0.1, -0.05) is 50.6 Å². The maximum Gasteiger partial charge on any atom is 0.224 e. The van der Waals surface area contributed by atoms with E-state index < -0.39 is 9.84 Å². The van der Waals surface area contributed by atoms with Crippen molar-refractivity contribution in [1.82, 2.24) is 4.90 Å². The van der Waals surface area contributed by atoms with Gasteiger partial charge in [0, 0.05) is 25.3 Å². The normalized spacial score (nSPS) is 20.4. The molecule has 23 heavy (non-hydrogen) atoms. The van der Waals surface area contributed by atoms with Gasteiger partial charge in [-0.3, -0.25) is 4.79 Å². The second kappa shape index (κ2) is 7.04. The van der Waals surface area contributed by atoms with Crippen LogP contribution < -0.4 is 0 Å². The van der Waals surface area contributed by atoms with Crippen LogP contribution in [0.15, 0.2) is 30.3 Å². The van der Waals surface area contributed by atoms with E-state index in [9.17, 15) is 13.2 Å². The summed E-state index contributed by atoms with van der Waals surface area (Å²) in [5, 5.41) is 0. The van der Waals surface area contributed by atoms with Gasteiger partial charge >= 0.3 is 0 Å². The molecule has 4 nitrogen and oxygen atoms in total. The molecule has 0 radical (unpaired) electrons. The van der Waals surface area contributed by atoms with Gasteiger partial charge < -0.3 is 4.90 Å². The van der Waals surface area contributed by atoms with Crippen LogP contribution in [0.4, 0.5) is 0 Å². The smallest absolute Gasteiger partial charge is 0.224 e. The highest BCUT2D eigenvalue weighted by atomic mass is 32.2. The summed E-state index contributed by atoms with van der Waals surface area (Å²) in [6.45, 7) is 4.95. The van der Waals surface area contributed by atoms with E-state index >= 15 is 0 Å². The first-order valence-corrected chi connectivity index (χ1v) is 10.3. The maximum absolute atomic E-state index is 12.7. The van der Waals surface area contributed by atoms with Gasteiger partial charge in [0.2, 0.25) is 5.91 Å². The number of nitrogens with zero attached hydrogens (tertiary/aromatic N) is 1. The first-order valence-electron chi connectivity index (χ1n) is 8.20. The molecule has 0 spiro atoms. The molecule has 1 fully saturated rings. The minimum atomic E-state index is -3.13. The largest absolute Gasteiger partial charge is 0.335 e. The van der Waals surface area contributed by atoms with Crippen molar-refractivity contribution < 1.29 is 13.2 Å². The Morgan fingerprint density at radius 1 is 1.26 bits per heavy atom. The lowest BCUT2D eigenvalue weighted by molar-refractivity contribution is -0.135. The fourth-order valence-corrected chi connectivity index (χ4v) is 4.00. The highest BCUT2D eigenvalue weighted by Crippen LogP contribution is 2.41. The summed E-state index contributed by atoms with van der Waals surface area (Å²) in [6, 6.07) is 10.1. The van der Waals surface area contributed by atoms with Crippen LogP contribution in [0.25, 0.3) is 0 Å². The highest BCUT2D eigenvalue weighted by molar-refractivity contribution is 7.90. The van der Waals surface area contributed by atoms with E-state index in [4.69, 9.17) is 0 Å². The van der Waals surface area contributed by atoms with Gasteiger partial charge in [-0.25, -0.2) is 8.42 Å². The molecule has 1 amide bonds. The Kier molecular flexibility index (Phi) is 5.50. The monoisotopic (exact) mass is 337 g/mol. The molecule has 1 unspecified atom stereocenters. The summed E-state index contributed by atoms with van der Waals surface area (Å²) in [6.07, 6.45) is 4.45. The predicted octanol–water partition coefficient (Wildman–Crippen LogP) is 3.03. The van der Waals surface area contributed by atoms with E-state index in [0.29, 0.717) is 6.54 Å². The molecule has 0 bridgehead atoms. The molecule has 0 N–H and O–H groups in total. The van der Waals surface area contributed by atoms with Crippen LogP contribution in [0.1, 0.15) is 45.1 Å². The van der Waals surface area contributed by atoms with Crippen LogP contribution in [0.5, 0.6) is 0 Å². The molecular formula is C18H27NO3S. The quantitative estimate of drug-likeness (QED) is 0.802. The fraction of sp³-hybridized carbons (Fsp3) is 0.611. The van der Waals surface area contributed by atoms with Crippen molar-refractivity contribution >= 4 is 15.7 Å². The molecule has 1 saturated carbocycles. The summed E-state index contributed by atoms with van der Waals surface area (Å²) < 4.78 is 22.8. The molecule has 2 rings (SSSR count). The van der Waals surface area contributed by atoms with Crippen LogP contribution in [0.2, 0.25) is 0 Å². The Bertz CT molecular complexity index is 637. The lowest BCUT2D eigenvalue weighted by Crippen LogP contribution is -2.45. The Morgan fingerprint density at radius 3 is 2.43 bits per heavy atom. The molecule has 5 heteroatoms. The molecule has 128 valence electrons. The number of benzene rings is 1. The van der Waals surface area contributed by atoms with Crippen molar-refractivity contribution in [2.75, 3.05) is 12.0 Å². The third-order valence-electron chi connectivity index (χ3n) is 4.78. The molecule has 1 aliphatic rings. The summed E-state index contributed by atoms with van der Waals surface area (Å²) in [5.41, 5.74) is 1.16. The van der Waals surface area contributed by atoms with Gasteiger partial charge in [0.15, 0.2) is 0 Å². The van der Waals surface area contributed by atoms with Crippen molar-refractivity contribution in [1.29, 1.82) is 0 Å². The van der Waals surface area contributed by atoms with Crippen molar-refractivity contribution in [3.63, 3.8) is 0 Å². The van der Waals surface area contributed by atoms with E-state index in [1.54, 1.807) is 0 Å². The summed E-state index contributed by atoms with van der Waals surface area (Å²) in [5.74, 6) is -0.135. The Balaban J connectivity index is 2.19. The van der Waals surface area contributed by atoms with Crippen LogP contribution in [-0.2, 0) is 21.2 Å². The average molecular weight is 337 g/mol. The number of hydrogen-bond donors (Lipinski definition) is 0. The van der Waals surface area contributed by atoms with E-state index in [0.717, 1.165) is 24.8 Å². The highest BCUT2D eigenvalue weighted by Gasteiger charge is 2.40. The molecule has 0 saturated heterocycles. The van der Waals surface area contributed by atoms with Gasteiger partial charge in [-0.15, -0.1) is 0 Å². The first kappa shape index (κ1) is 18.0. The SMILES string of the molecule is CC1(C)CCCC1N(Cc1ccccc1)C(=O)CCS(C)(=O)=O. The summed E-state index contributed by atoms with van der Waals surface area (Å²) in [4.78, 5) is 14.6. The maximum atomic E-state index is 12.7. The Hall–Kier alpha value is -1.36. The van der Waals surface area contributed by atoms with E-state index in [2.05, 4.69) is 13.8 Å². The van der Waals surface area contributed by atoms with Crippen LogP contribution in [0, 0.1) is 5.41 Å². The lowest BCUT2D eigenvalue weighted by Gasteiger charge is -2.38. The Labute approximate surface area is 139 Å². The third-order valence-corrected chi connectivity index (χ3v) is 5.73. The summed E-state index contributed by atoms with van der Waals surface area (Å²) in [7, 11) is -3.13. The standard InChI is InChI=1S/C18H27NO3S/c1-18(2)12-7-10-16(18)19(14-15-8-5-4-6-9-15)17(20)11-13-23(3,21)22/h4-6,8-9,16H,7,10-14H2,1-3H3. The third kappa shape index (κ3) is 5.06. The second-order valence-corrected chi connectivity index (χ2v) is 9.54. The average Bonchev–Trinajstić information content (AvgIpc) is 2.82. The second-order valence-electron chi connectivity index (χ2n) is 7.28. The van der Waals surface area contributed by atoms with Gasteiger partial charge in [-0.2, -0.15) is 0 Å². The summed E-state index contributed by atoms with van der Waals surface area (Å²) >= 11 is 0. The molecular weight excluding hydrogens is 310 g/mol.